The van der Waals surface area contributed by atoms with Gasteiger partial charge in [0.05, 0.1) is 0 Å². The zero-order valence-corrected chi connectivity index (χ0v) is 12.9. The van der Waals surface area contributed by atoms with E-state index in [1.165, 1.54) is 12.8 Å². The topological polar surface area (TPSA) is 49.3 Å². The highest BCUT2D eigenvalue weighted by atomic mass is 16.4. The molecule has 3 nitrogen and oxygen atoms in total. The number of rotatable bonds is 9. The zero-order valence-electron chi connectivity index (χ0n) is 12.9. The average Bonchev–Trinajstić information content (AvgIpc) is 2.43. The quantitative estimate of drug-likeness (QED) is 0.680. The van der Waals surface area contributed by atoms with Gasteiger partial charge in [0.15, 0.2) is 0 Å². The fourth-order valence-corrected chi connectivity index (χ4v) is 2.61. The third kappa shape index (κ3) is 3.83. The average molecular weight is 277 g/mol. The summed E-state index contributed by atoms with van der Waals surface area (Å²) in [6.07, 6.45) is 3.45. The second kappa shape index (κ2) is 8.05. The lowest BCUT2D eigenvalue weighted by Crippen LogP contribution is -2.49. The summed E-state index contributed by atoms with van der Waals surface area (Å²) >= 11 is 0. The molecular formula is C17H27NO2. The highest BCUT2D eigenvalue weighted by Gasteiger charge is 2.42. The van der Waals surface area contributed by atoms with Crippen LogP contribution in [0.1, 0.15) is 45.6 Å². The molecule has 0 aliphatic rings. The molecule has 0 radical (unpaired) electrons. The lowest BCUT2D eigenvalue weighted by molar-refractivity contribution is -0.145. The van der Waals surface area contributed by atoms with Crippen molar-refractivity contribution in [2.24, 2.45) is 5.92 Å². The monoisotopic (exact) mass is 277 g/mol. The first-order valence-corrected chi connectivity index (χ1v) is 7.55. The normalized spacial score (nSPS) is 14.2. The van der Waals surface area contributed by atoms with Gasteiger partial charge in [0.2, 0.25) is 0 Å². The predicted octanol–water partition coefficient (Wildman–Crippen LogP) is 3.44. The first-order valence-electron chi connectivity index (χ1n) is 7.55. The summed E-state index contributed by atoms with van der Waals surface area (Å²) < 4.78 is 0. The van der Waals surface area contributed by atoms with Gasteiger partial charge >= 0.3 is 5.97 Å². The zero-order chi connectivity index (χ0) is 15.0. The van der Waals surface area contributed by atoms with Gasteiger partial charge in [0.1, 0.15) is 5.41 Å². The van der Waals surface area contributed by atoms with Crippen LogP contribution in [-0.2, 0) is 10.2 Å². The van der Waals surface area contributed by atoms with Crippen LogP contribution in [0.2, 0.25) is 0 Å². The van der Waals surface area contributed by atoms with Crippen LogP contribution in [0.4, 0.5) is 0 Å². The van der Waals surface area contributed by atoms with Crippen molar-refractivity contribution < 1.29 is 9.90 Å². The molecule has 1 rings (SSSR count). The van der Waals surface area contributed by atoms with Gasteiger partial charge < -0.3 is 10.4 Å². The number of nitrogens with one attached hydrogen (secondary N) is 1. The van der Waals surface area contributed by atoms with Crippen molar-refractivity contribution in [2.75, 3.05) is 13.1 Å². The van der Waals surface area contributed by atoms with Crippen molar-refractivity contribution in [1.82, 2.24) is 5.32 Å². The number of carboxylic acids is 1. The van der Waals surface area contributed by atoms with Crippen molar-refractivity contribution in [3.05, 3.63) is 35.9 Å². The number of unbranched alkanes of at least 4 members (excludes halogenated alkanes) is 2. The maximum Gasteiger partial charge on any atom is 0.315 e. The van der Waals surface area contributed by atoms with E-state index in [9.17, 15) is 9.90 Å². The van der Waals surface area contributed by atoms with Crippen LogP contribution in [0.3, 0.4) is 0 Å². The number of carbonyl (C=O) groups is 1. The van der Waals surface area contributed by atoms with E-state index in [4.69, 9.17) is 0 Å². The predicted molar refractivity (Wildman–Crippen MR) is 83.0 cm³/mol. The van der Waals surface area contributed by atoms with Crippen molar-refractivity contribution >= 4 is 5.97 Å². The van der Waals surface area contributed by atoms with Crippen molar-refractivity contribution in [3.63, 3.8) is 0 Å². The molecule has 1 aromatic rings. The fourth-order valence-electron chi connectivity index (χ4n) is 2.61. The van der Waals surface area contributed by atoms with E-state index >= 15 is 0 Å². The Kier molecular flexibility index (Phi) is 6.73. The third-order valence-corrected chi connectivity index (χ3v) is 4.02. The van der Waals surface area contributed by atoms with E-state index < -0.39 is 11.4 Å². The number of benzene rings is 1. The molecule has 0 aliphatic carbocycles. The smallest absolute Gasteiger partial charge is 0.315 e. The first-order chi connectivity index (χ1) is 9.55. The van der Waals surface area contributed by atoms with Crippen LogP contribution in [0, 0.1) is 5.92 Å². The molecule has 1 unspecified atom stereocenters. The van der Waals surface area contributed by atoms with E-state index in [1.807, 2.05) is 44.2 Å². The molecule has 0 fully saturated rings. The summed E-state index contributed by atoms with van der Waals surface area (Å²) in [5, 5.41) is 13.2. The maximum atomic E-state index is 11.9. The minimum absolute atomic E-state index is 0.0288. The second-order valence-corrected chi connectivity index (χ2v) is 5.68. The lowest BCUT2D eigenvalue weighted by atomic mass is 9.71. The fraction of sp³-hybridized carbons (Fsp3) is 0.588. The summed E-state index contributed by atoms with van der Waals surface area (Å²) in [4.78, 5) is 11.9. The lowest BCUT2D eigenvalue weighted by Gasteiger charge is -2.34. The van der Waals surface area contributed by atoms with Gasteiger partial charge in [-0.3, -0.25) is 4.79 Å². The van der Waals surface area contributed by atoms with Gasteiger partial charge in [-0.1, -0.05) is 63.9 Å². The van der Waals surface area contributed by atoms with Crippen molar-refractivity contribution in [2.45, 2.75) is 45.4 Å². The van der Waals surface area contributed by atoms with E-state index in [-0.39, 0.29) is 5.92 Å². The SMILES string of the molecule is CCCCCNCC(C(=O)O)(c1ccccc1)C(C)C. The van der Waals surface area contributed by atoms with Crippen molar-refractivity contribution in [3.8, 4) is 0 Å². The Labute approximate surface area is 122 Å². The molecule has 0 aromatic heterocycles. The molecule has 2 N–H and O–H groups in total. The Bertz CT molecular complexity index is 403. The van der Waals surface area contributed by atoms with Crippen molar-refractivity contribution in [1.29, 1.82) is 0 Å². The largest absolute Gasteiger partial charge is 0.481 e. The molecule has 0 saturated heterocycles. The number of carboxylic acid groups (broad SMARTS) is 1. The highest BCUT2D eigenvalue weighted by molar-refractivity contribution is 5.82. The molecule has 3 heteroatoms. The number of hydrogen-bond acceptors (Lipinski definition) is 2. The Hall–Kier alpha value is -1.35. The van der Waals surface area contributed by atoms with E-state index in [0.29, 0.717) is 6.54 Å². The molecule has 1 aromatic carbocycles. The molecule has 1 atom stereocenters. The molecule has 0 heterocycles. The molecule has 20 heavy (non-hydrogen) atoms. The Morgan fingerprint density at radius 2 is 1.90 bits per heavy atom. The minimum atomic E-state index is -0.854. The third-order valence-electron chi connectivity index (χ3n) is 4.02. The van der Waals surface area contributed by atoms with Crippen LogP contribution in [0.5, 0.6) is 0 Å². The van der Waals surface area contributed by atoms with Crippen LogP contribution in [0.25, 0.3) is 0 Å². The Morgan fingerprint density at radius 1 is 1.25 bits per heavy atom. The van der Waals surface area contributed by atoms with Gasteiger partial charge in [-0.25, -0.2) is 0 Å². The molecular weight excluding hydrogens is 250 g/mol. The van der Waals surface area contributed by atoms with Gasteiger partial charge in [-0.05, 0) is 24.4 Å². The number of aliphatic carboxylic acids is 1. The summed E-state index contributed by atoms with van der Waals surface area (Å²) in [6.45, 7) is 7.49. The van der Waals surface area contributed by atoms with Gasteiger partial charge in [0, 0.05) is 6.54 Å². The van der Waals surface area contributed by atoms with Crippen LogP contribution < -0.4 is 5.32 Å². The molecule has 112 valence electrons. The number of hydrogen-bond donors (Lipinski definition) is 2. The minimum Gasteiger partial charge on any atom is -0.481 e. The molecule has 0 amide bonds. The van der Waals surface area contributed by atoms with E-state index in [1.54, 1.807) is 0 Å². The maximum absolute atomic E-state index is 11.9. The first kappa shape index (κ1) is 16.7. The second-order valence-electron chi connectivity index (χ2n) is 5.68. The van der Waals surface area contributed by atoms with E-state index in [0.717, 1.165) is 18.5 Å². The van der Waals surface area contributed by atoms with Gasteiger partial charge in [-0.2, -0.15) is 0 Å². The van der Waals surface area contributed by atoms with E-state index in [2.05, 4.69) is 12.2 Å². The summed E-state index contributed by atoms with van der Waals surface area (Å²) in [7, 11) is 0. The molecule has 0 bridgehead atoms. The summed E-state index contributed by atoms with van der Waals surface area (Å²) in [6, 6.07) is 9.58. The molecule has 0 saturated carbocycles. The van der Waals surface area contributed by atoms with Crippen LogP contribution in [-0.4, -0.2) is 24.2 Å². The molecule has 0 spiro atoms. The Balaban J connectivity index is 2.87. The standard InChI is InChI=1S/C17H27NO2/c1-4-5-9-12-18-13-17(14(2)3,16(19)20)15-10-7-6-8-11-15/h6-8,10-11,14,18H,4-5,9,12-13H2,1-3H3,(H,19,20). The van der Waals surface area contributed by atoms with Crippen LogP contribution in [0.15, 0.2) is 30.3 Å². The Morgan fingerprint density at radius 3 is 2.40 bits per heavy atom. The summed E-state index contributed by atoms with van der Waals surface area (Å²) in [5.74, 6) is -0.720. The summed E-state index contributed by atoms with van der Waals surface area (Å²) in [5.41, 5.74) is 0.0264. The molecule has 0 aliphatic heterocycles. The van der Waals surface area contributed by atoms with Gasteiger partial charge in [-0.15, -0.1) is 0 Å². The van der Waals surface area contributed by atoms with Gasteiger partial charge in [0.25, 0.3) is 0 Å². The van der Waals surface area contributed by atoms with Crippen LogP contribution >= 0.6 is 0 Å². The highest BCUT2D eigenvalue weighted by Crippen LogP contribution is 2.32.